The molecule has 15 heavy (non-hydrogen) atoms. The summed E-state index contributed by atoms with van der Waals surface area (Å²) < 4.78 is 0. The monoisotopic (exact) mass is 245 g/mol. The zero-order valence-electron chi connectivity index (χ0n) is 9.13. The van der Waals surface area contributed by atoms with Crippen molar-refractivity contribution in [2.24, 2.45) is 5.73 Å². The van der Waals surface area contributed by atoms with Crippen LogP contribution in [-0.4, -0.2) is 6.04 Å². The number of benzene rings is 1. The lowest BCUT2D eigenvalue weighted by Gasteiger charge is -2.21. The molecule has 84 valence electrons. The maximum Gasteiger partial charge on any atom is 0.0442 e. The van der Waals surface area contributed by atoms with Crippen LogP contribution in [0.2, 0.25) is 10.0 Å². The number of rotatable bonds is 4. The van der Waals surface area contributed by atoms with E-state index >= 15 is 0 Å². The summed E-state index contributed by atoms with van der Waals surface area (Å²) in [4.78, 5) is 0. The van der Waals surface area contributed by atoms with Crippen molar-refractivity contribution in [1.29, 1.82) is 0 Å². The second-order valence-corrected chi connectivity index (χ2v) is 4.75. The van der Waals surface area contributed by atoms with Crippen molar-refractivity contribution in [3.05, 3.63) is 33.8 Å². The Bertz CT molecular complexity index is 325. The third-order valence-electron chi connectivity index (χ3n) is 2.71. The van der Waals surface area contributed by atoms with Crippen LogP contribution in [0.25, 0.3) is 0 Å². The normalized spacial score (nSPS) is 15.0. The molecule has 1 rings (SSSR count). The Balaban J connectivity index is 2.89. The lowest BCUT2D eigenvalue weighted by Crippen LogP contribution is -2.26. The van der Waals surface area contributed by atoms with Gasteiger partial charge in [-0.3, -0.25) is 0 Å². The van der Waals surface area contributed by atoms with Crippen LogP contribution >= 0.6 is 23.2 Å². The van der Waals surface area contributed by atoms with Crippen LogP contribution in [0.5, 0.6) is 0 Å². The Labute approximate surface area is 102 Å². The number of hydrogen-bond acceptors (Lipinski definition) is 1. The minimum atomic E-state index is 0.144. The van der Waals surface area contributed by atoms with E-state index < -0.39 is 0 Å². The van der Waals surface area contributed by atoms with E-state index in [-0.39, 0.29) is 12.0 Å². The van der Waals surface area contributed by atoms with Gasteiger partial charge in [0, 0.05) is 16.1 Å². The second-order valence-electron chi connectivity index (χ2n) is 3.91. The SMILES string of the molecule is CCCC(N)C(C)c1cc(Cl)ccc1Cl. The van der Waals surface area contributed by atoms with Crippen molar-refractivity contribution in [3.8, 4) is 0 Å². The Morgan fingerprint density at radius 1 is 1.33 bits per heavy atom. The highest BCUT2D eigenvalue weighted by molar-refractivity contribution is 6.33. The van der Waals surface area contributed by atoms with Gasteiger partial charge in [0.15, 0.2) is 0 Å². The number of halogens is 2. The average Bonchev–Trinajstić information content (AvgIpc) is 2.21. The van der Waals surface area contributed by atoms with Gasteiger partial charge in [-0.25, -0.2) is 0 Å². The van der Waals surface area contributed by atoms with Crippen molar-refractivity contribution in [3.63, 3.8) is 0 Å². The third-order valence-corrected chi connectivity index (χ3v) is 3.29. The van der Waals surface area contributed by atoms with E-state index in [0.717, 1.165) is 23.4 Å². The molecule has 1 aromatic rings. The summed E-state index contributed by atoms with van der Waals surface area (Å²) in [6.45, 7) is 4.23. The van der Waals surface area contributed by atoms with Gasteiger partial charge in [-0.15, -0.1) is 0 Å². The minimum Gasteiger partial charge on any atom is -0.327 e. The lowest BCUT2D eigenvalue weighted by molar-refractivity contribution is 0.522. The van der Waals surface area contributed by atoms with Crippen molar-refractivity contribution in [2.45, 2.75) is 38.6 Å². The Hall–Kier alpha value is -0.240. The molecule has 2 unspecified atom stereocenters. The van der Waals surface area contributed by atoms with E-state index in [4.69, 9.17) is 28.9 Å². The van der Waals surface area contributed by atoms with Gasteiger partial charge >= 0.3 is 0 Å². The lowest BCUT2D eigenvalue weighted by atomic mass is 9.91. The first kappa shape index (κ1) is 12.8. The van der Waals surface area contributed by atoms with Crippen LogP contribution < -0.4 is 5.73 Å². The molecule has 0 saturated carbocycles. The molecule has 0 aromatic heterocycles. The van der Waals surface area contributed by atoms with Crippen LogP contribution in [-0.2, 0) is 0 Å². The molecular formula is C12H17Cl2N. The van der Waals surface area contributed by atoms with Gasteiger partial charge in [-0.05, 0) is 36.1 Å². The molecule has 0 aliphatic rings. The zero-order valence-corrected chi connectivity index (χ0v) is 10.6. The van der Waals surface area contributed by atoms with E-state index in [9.17, 15) is 0 Å². The minimum absolute atomic E-state index is 0.144. The molecule has 1 nitrogen and oxygen atoms in total. The van der Waals surface area contributed by atoms with Crippen molar-refractivity contribution < 1.29 is 0 Å². The van der Waals surface area contributed by atoms with Gasteiger partial charge in [-0.2, -0.15) is 0 Å². The molecule has 1 aromatic carbocycles. The summed E-state index contributed by atoms with van der Waals surface area (Å²) in [6, 6.07) is 5.68. The highest BCUT2D eigenvalue weighted by Gasteiger charge is 2.16. The first-order valence-electron chi connectivity index (χ1n) is 5.26. The fourth-order valence-electron chi connectivity index (χ4n) is 1.68. The molecule has 0 radical (unpaired) electrons. The molecule has 2 atom stereocenters. The Morgan fingerprint density at radius 3 is 2.60 bits per heavy atom. The van der Waals surface area contributed by atoms with E-state index in [2.05, 4.69) is 13.8 Å². The number of nitrogens with two attached hydrogens (primary N) is 1. The molecular weight excluding hydrogens is 229 g/mol. The van der Waals surface area contributed by atoms with Gasteiger partial charge < -0.3 is 5.73 Å². The summed E-state index contributed by atoms with van der Waals surface area (Å²) in [5.74, 6) is 0.246. The van der Waals surface area contributed by atoms with Crippen LogP contribution in [0.1, 0.15) is 38.2 Å². The van der Waals surface area contributed by atoms with Gasteiger partial charge in [0.05, 0.1) is 0 Å². The van der Waals surface area contributed by atoms with Crippen LogP contribution in [0.15, 0.2) is 18.2 Å². The third kappa shape index (κ3) is 3.37. The van der Waals surface area contributed by atoms with E-state index in [1.165, 1.54) is 0 Å². The van der Waals surface area contributed by atoms with Crippen molar-refractivity contribution in [1.82, 2.24) is 0 Å². The van der Waals surface area contributed by atoms with E-state index in [0.29, 0.717) is 5.02 Å². The molecule has 0 heterocycles. The molecule has 0 saturated heterocycles. The standard InChI is InChI=1S/C12H17Cl2N/c1-3-4-12(15)8(2)10-7-9(13)5-6-11(10)14/h5-8,12H,3-4,15H2,1-2H3. The molecule has 2 N–H and O–H groups in total. The topological polar surface area (TPSA) is 26.0 Å². The van der Waals surface area contributed by atoms with Gasteiger partial charge in [0.2, 0.25) is 0 Å². The van der Waals surface area contributed by atoms with Crippen LogP contribution in [0.4, 0.5) is 0 Å². The van der Waals surface area contributed by atoms with Gasteiger partial charge in [-0.1, -0.05) is 43.5 Å². The van der Waals surface area contributed by atoms with E-state index in [1.807, 2.05) is 12.1 Å². The molecule has 0 spiro atoms. The summed E-state index contributed by atoms with van der Waals surface area (Å²) >= 11 is 12.1. The summed E-state index contributed by atoms with van der Waals surface area (Å²) in [7, 11) is 0. The van der Waals surface area contributed by atoms with E-state index in [1.54, 1.807) is 6.07 Å². The largest absolute Gasteiger partial charge is 0.327 e. The highest BCUT2D eigenvalue weighted by Crippen LogP contribution is 2.30. The molecule has 0 amide bonds. The highest BCUT2D eigenvalue weighted by atomic mass is 35.5. The van der Waals surface area contributed by atoms with Crippen molar-refractivity contribution in [2.75, 3.05) is 0 Å². The zero-order chi connectivity index (χ0) is 11.4. The predicted molar refractivity (Wildman–Crippen MR) is 67.8 cm³/mol. The Morgan fingerprint density at radius 2 is 2.00 bits per heavy atom. The molecule has 0 fully saturated rings. The summed E-state index contributed by atoms with van der Waals surface area (Å²) in [5.41, 5.74) is 7.12. The maximum absolute atomic E-state index is 6.12. The fraction of sp³-hybridized carbons (Fsp3) is 0.500. The summed E-state index contributed by atoms with van der Waals surface area (Å²) in [5, 5.41) is 1.46. The van der Waals surface area contributed by atoms with Gasteiger partial charge in [0.25, 0.3) is 0 Å². The average molecular weight is 246 g/mol. The summed E-state index contributed by atoms with van der Waals surface area (Å²) in [6.07, 6.45) is 2.09. The number of hydrogen-bond donors (Lipinski definition) is 1. The molecule has 3 heteroatoms. The quantitative estimate of drug-likeness (QED) is 0.845. The Kier molecular flexibility index (Phi) is 4.91. The molecule has 0 aliphatic carbocycles. The fourth-order valence-corrected chi connectivity index (χ4v) is 2.15. The predicted octanol–water partition coefficient (Wildman–Crippen LogP) is 4.22. The van der Waals surface area contributed by atoms with Crippen LogP contribution in [0, 0.1) is 0 Å². The molecule has 0 bridgehead atoms. The first-order valence-corrected chi connectivity index (χ1v) is 6.02. The smallest absolute Gasteiger partial charge is 0.0442 e. The first-order chi connectivity index (χ1) is 7.06. The molecule has 0 aliphatic heterocycles. The van der Waals surface area contributed by atoms with Gasteiger partial charge in [0.1, 0.15) is 0 Å². The maximum atomic E-state index is 6.12. The van der Waals surface area contributed by atoms with Crippen LogP contribution in [0.3, 0.4) is 0 Å². The van der Waals surface area contributed by atoms with Crippen molar-refractivity contribution >= 4 is 23.2 Å². The second kappa shape index (κ2) is 5.74.